The molecule has 21 heavy (non-hydrogen) atoms. The second-order valence-electron chi connectivity index (χ2n) is 5.48. The molecule has 0 unspecified atom stereocenters. The van der Waals surface area contributed by atoms with Crippen molar-refractivity contribution in [3.8, 4) is 0 Å². The molecule has 0 heterocycles. The molecular formula is C16H23N3OS. The highest BCUT2D eigenvalue weighted by molar-refractivity contribution is 7.80. The van der Waals surface area contributed by atoms with Crippen molar-refractivity contribution in [2.45, 2.75) is 39.2 Å². The summed E-state index contributed by atoms with van der Waals surface area (Å²) in [5.74, 6) is 0. The van der Waals surface area contributed by atoms with Gasteiger partial charge in [0.1, 0.15) is 0 Å². The molecule has 0 radical (unpaired) electrons. The molecule has 114 valence electrons. The van der Waals surface area contributed by atoms with Crippen molar-refractivity contribution in [2.24, 2.45) is 5.10 Å². The van der Waals surface area contributed by atoms with E-state index < -0.39 is 0 Å². The quantitative estimate of drug-likeness (QED) is 0.498. The molecule has 2 N–H and O–H groups in total. The van der Waals surface area contributed by atoms with Gasteiger partial charge in [-0.2, -0.15) is 5.10 Å². The van der Waals surface area contributed by atoms with Gasteiger partial charge in [-0.1, -0.05) is 12.1 Å². The summed E-state index contributed by atoms with van der Waals surface area (Å²) in [6.45, 7) is 4.61. The molecule has 1 aromatic rings. The standard InChI is InChI=1S/C16H23N3OS/c1-11(10-20-3)17-16(21)19-18-12(2)14-8-7-13-5-4-6-15(13)9-14/h7-9,11H,4-6,10H2,1-3H3,(H2,17,19,21)/b18-12-/t11-/m0/s1. The molecule has 0 saturated heterocycles. The summed E-state index contributed by atoms with van der Waals surface area (Å²) in [4.78, 5) is 0. The van der Waals surface area contributed by atoms with Crippen molar-refractivity contribution in [3.05, 3.63) is 34.9 Å². The Morgan fingerprint density at radius 3 is 2.90 bits per heavy atom. The molecular weight excluding hydrogens is 282 g/mol. The summed E-state index contributed by atoms with van der Waals surface area (Å²) in [6, 6.07) is 6.75. The van der Waals surface area contributed by atoms with Crippen LogP contribution in [-0.4, -0.2) is 30.6 Å². The van der Waals surface area contributed by atoms with Crippen LogP contribution in [0.2, 0.25) is 0 Å². The molecule has 1 aromatic carbocycles. The minimum Gasteiger partial charge on any atom is -0.383 e. The second kappa shape index (κ2) is 7.52. The Bertz CT molecular complexity index is 542. The normalized spacial score (nSPS) is 15.5. The molecule has 0 spiro atoms. The number of ether oxygens (including phenoxy) is 1. The van der Waals surface area contributed by atoms with E-state index in [9.17, 15) is 0 Å². The first kappa shape index (κ1) is 15.9. The number of rotatable bonds is 5. The summed E-state index contributed by atoms with van der Waals surface area (Å²) in [5, 5.41) is 7.99. The van der Waals surface area contributed by atoms with Crippen LogP contribution < -0.4 is 10.7 Å². The van der Waals surface area contributed by atoms with Crippen molar-refractivity contribution >= 4 is 23.0 Å². The fourth-order valence-corrected chi connectivity index (χ4v) is 2.79. The Kier molecular flexibility index (Phi) is 5.70. The maximum Gasteiger partial charge on any atom is 0.187 e. The number of hydrogen-bond donors (Lipinski definition) is 2. The van der Waals surface area contributed by atoms with Gasteiger partial charge < -0.3 is 10.1 Å². The van der Waals surface area contributed by atoms with Crippen molar-refractivity contribution in [3.63, 3.8) is 0 Å². The zero-order valence-electron chi connectivity index (χ0n) is 12.9. The average molecular weight is 305 g/mol. The Labute approximate surface area is 132 Å². The topological polar surface area (TPSA) is 45.6 Å². The van der Waals surface area contributed by atoms with E-state index in [4.69, 9.17) is 17.0 Å². The van der Waals surface area contributed by atoms with Crippen LogP contribution in [-0.2, 0) is 17.6 Å². The molecule has 0 saturated carbocycles. The lowest BCUT2D eigenvalue weighted by Gasteiger charge is -2.14. The Morgan fingerprint density at radius 2 is 2.14 bits per heavy atom. The smallest absolute Gasteiger partial charge is 0.187 e. The van der Waals surface area contributed by atoms with Gasteiger partial charge in [0.2, 0.25) is 0 Å². The van der Waals surface area contributed by atoms with Crippen LogP contribution in [0.1, 0.15) is 37.0 Å². The molecule has 2 rings (SSSR count). The lowest BCUT2D eigenvalue weighted by molar-refractivity contribution is 0.179. The molecule has 0 aromatic heterocycles. The third-order valence-electron chi connectivity index (χ3n) is 3.64. The fraction of sp³-hybridized carbons (Fsp3) is 0.500. The van der Waals surface area contributed by atoms with E-state index in [0.717, 1.165) is 11.3 Å². The number of hydrogen-bond acceptors (Lipinski definition) is 3. The lowest BCUT2D eigenvalue weighted by Crippen LogP contribution is -2.40. The number of nitrogens with one attached hydrogen (secondary N) is 2. The Hall–Kier alpha value is -1.46. The van der Waals surface area contributed by atoms with Gasteiger partial charge >= 0.3 is 0 Å². The average Bonchev–Trinajstić information content (AvgIpc) is 2.92. The SMILES string of the molecule is COC[C@H](C)NC(=S)N/N=C(/C)c1ccc2c(c1)CCC2. The number of thiocarbonyl (C=S) groups is 1. The van der Waals surface area contributed by atoms with Crippen molar-refractivity contribution in [1.29, 1.82) is 0 Å². The third kappa shape index (κ3) is 4.51. The molecule has 1 aliphatic carbocycles. The molecule has 0 aliphatic heterocycles. The summed E-state index contributed by atoms with van der Waals surface area (Å²) >= 11 is 5.21. The van der Waals surface area contributed by atoms with E-state index in [2.05, 4.69) is 34.0 Å². The van der Waals surface area contributed by atoms with Crippen LogP contribution in [0.25, 0.3) is 0 Å². The molecule has 1 aliphatic rings. The zero-order chi connectivity index (χ0) is 15.2. The van der Waals surface area contributed by atoms with Gasteiger partial charge in [-0.05, 0) is 68.1 Å². The first-order valence-electron chi connectivity index (χ1n) is 7.32. The van der Waals surface area contributed by atoms with Crippen LogP contribution in [0.15, 0.2) is 23.3 Å². The summed E-state index contributed by atoms with van der Waals surface area (Å²) in [5.41, 5.74) is 7.91. The van der Waals surface area contributed by atoms with Crippen LogP contribution >= 0.6 is 12.2 Å². The predicted octanol–water partition coefficient (Wildman–Crippen LogP) is 2.40. The van der Waals surface area contributed by atoms with Gasteiger partial charge in [0, 0.05) is 13.2 Å². The third-order valence-corrected chi connectivity index (χ3v) is 3.84. The molecule has 0 bridgehead atoms. The van der Waals surface area contributed by atoms with Gasteiger partial charge in [0.25, 0.3) is 0 Å². The van der Waals surface area contributed by atoms with Gasteiger partial charge in [-0.3, -0.25) is 5.43 Å². The van der Waals surface area contributed by atoms with E-state index in [1.54, 1.807) is 7.11 Å². The summed E-state index contributed by atoms with van der Waals surface area (Å²) in [6.07, 6.45) is 3.65. The summed E-state index contributed by atoms with van der Waals surface area (Å²) < 4.78 is 5.06. The molecule has 0 amide bonds. The number of nitrogens with zero attached hydrogens (tertiary/aromatic N) is 1. The highest BCUT2D eigenvalue weighted by atomic mass is 32.1. The Balaban J connectivity index is 1.93. The largest absolute Gasteiger partial charge is 0.383 e. The van der Waals surface area contributed by atoms with Gasteiger partial charge in [-0.15, -0.1) is 0 Å². The lowest BCUT2D eigenvalue weighted by atomic mass is 10.0. The first-order chi connectivity index (χ1) is 10.1. The fourth-order valence-electron chi connectivity index (χ4n) is 2.54. The Morgan fingerprint density at radius 1 is 1.38 bits per heavy atom. The molecule has 4 nitrogen and oxygen atoms in total. The van der Waals surface area contributed by atoms with Gasteiger partial charge in [0.05, 0.1) is 12.3 Å². The van der Waals surface area contributed by atoms with Crippen molar-refractivity contribution < 1.29 is 4.74 Å². The maximum absolute atomic E-state index is 5.21. The molecule has 1 atom stereocenters. The predicted molar refractivity (Wildman–Crippen MR) is 90.9 cm³/mol. The number of methoxy groups -OCH3 is 1. The highest BCUT2D eigenvalue weighted by Crippen LogP contribution is 2.22. The minimum atomic E-state index is 0.158. The van der Waals surface area contributed by atoms with Crippen molar-refractivity contribution in [1.82, 2.24) is 10.7 Å². The highest BCUT2D eigenvalue weighted by Gasteiger charge is 2.11. The number of benzene rings is 1. The molecule has 0 fully saturated rings. The molecule has 5 heteroatoms. The monoisotopic (exact) mass is 305 g/mol. The first-order valence-corrected chi connectivity index (χ1v) is 7.73. The van der Waals surface area contributed by atoms with E-state index in [1.165, 1.54) is 30.4 Å². The van der Waals surface area contributed by atoms with Crippen LogP contribution in [0.3, 0.4) is 0 Å². The van der Waals surface area contributed by atoms with Crippen molar-refractivity contribution in [2.75, 3.05) is 13.7 Å². The van der Waals surface area contributed by atoms with Gasteiger partial charge in [-0.25, -0.2) is 0 Å². The van der Waals surface area contributed by atoms with E-state index >= 15 is 0 Å². The minimum absolute atomic E-state index is 0.158. The van der Waals surface area contributed by atoms with Gasteiger partial charge in [0.15, 0.2) is 5.11 Å². The second-order valence-corrected chi connectivity index (χ2v) is 5.88. The summed E-state index contributed by atoms with van der Waals surface area (Å²) in [7, 11) is 1.67. The van der Waals surface area contributed by atoms with E-state index in [1.807, 2.05) is 13.8 Å². The van der Waals surface area contributed by atoms with Crippen LogP contribution in [0.5, 0.6) is 0 Å². The van der Waals surface area contributed by atoms with E-state index in [0.29, 0.717) is 11.7 Å². The zero-order valence-corrected chi connectivity index (χ0v) is 13.7. The van der Waals surface area contributed by atoms with E-state index in [-0.39, 0.29) is 6.04 Å². The van der Waals surface area contributed by atoms with Crippen LogP contribution in [0.4, 0.5) is 0 Å². The number of fused-ring (bicyclic) bond motifs is 1. The maximum atomic E-state index is 5.21. The number of hydrazone groups is 1. The number of aryl methyl sites for hydroxylation is 2. The van der Waals surface area contributed by atoms with Crippen LogP contribution in [0, 0.1) is 0 Å².